The Bertz CT molecular complexity index is 798. The highest BCUT2D eigenvalue weighted by molar-refractivity contribution is 7.22. The fourth-order valence-corrected chi connectivity index (χ4v) is 4.72. The van der Waals surface area contributed by atoms with Crippen LogP contribution in [0.5, 0.6) is 0 Å². The van der Waals surface area contributed by atoms with E-state index in [1.54, 1.807) is 23.7 Å². The van der Waals surface area contributed by atoms with E-state index in [4.69, 9.17) is 0 Å². The number of carbonyl (C=O) groups excluding carboxylic acids is 1. The molecule has 23 heavy (non-hydrogen) atoms. The number of hydrogen-bond acceptors (Lipinski definition) is 6. The van der Waals surface area contributed by atoms with E-state index < -0.39 is 0 Å². The minimum absolute atomic E-state index is 0.0968. The van der Waals surface area contributed by atoms with Gasteiger partial charge in [0.15, 0.2) is 0 Å². The molecule has 0 atom stereocenters. The Hall–Kier alpha value is -1.99. The van der Waals surface area contributed by atoms with Crippen molar-refractivity contribution in [3.8, 4) is 0 Å². The molecule has 0 spiro atoms. The van der Waals surface area contributed by atoms with E-state index in [2.05, 4.69) is 20.8 Å². The number of hydrogen-bond donors (Lipinski definition) is 2. The van der Waals surface area contributed by atoms with Gasteiger partial charge in [0, 0.05) is 17.3 Å². The highest BCUT2D eigenvalue weighted by atomic mass is 32.1. The Labute approximate surface area is 141 Å². The summed E-state index contributed by atoms with van der Waals surface area (Å²) in [5.74, 6) is -0.0968. The van der Waals surface area contributed by atoms with Gasteiger partial charge in [0.05, 0.1) is 15.1 Å². The quantitative estimate of drug-likeness (QED) is 0.560. The number of carbonyl (C=O) groups is 1. The van der Waals surface area contributed by atoms with Crippen LogP contribution < -0.4 is 10.9 Å². The lowest BCUT2D eigenvalue weighted by Gasteiger charge is -2.03. The number of aromatic nitrogens is 2. The van der Waals surface area contributed by atoms with Crippen molar-refractivity contribution in [2.75, 3.05) is 5.43 Å². The average Bonchev–Trinajstić information content (AvgIpc) is 3.10. The molecule has 4 rings (SSSR count). The Morgan fingerprint density at radius 1 is 1.17 bits per heavy atom. The van der Waals surface area contributed by atoms with Gasteiger partial charge in [0.2, 0.25) is 5.13 Å². The van der Waals surface area contributed by atoms with Crippen LogP contribution in [0.4, 0.5) is 5.13 Å². The van der Waals surface area contributed by atoms with Crippen molar-refractivity contribution in [3.63, 3.8) is 0 Å². The van der Waals surface area contributed by atoms with Crippen LogP contribution in [-0.2, 0) is 12.8 Å². The van der Waals surface area contributed by atoms with E-state index in [0.29, 0.717) is 5.13 Å². The zero-order chi connectivity index (χ0) is 15.6. The minimum Gasteiger partial charge on any atom is -0.273 e. The molecule has 3 aromatic rings. The molecule has 5 nitrogen and oxygen atoms in total. The molecule has 3 heterocycles. The molecule has 1 aliphatic rings. The van der Waals surface area contributed by atoms with Crippen molar-refractivity contribution in [1.82, 2.24) is 15.4 Å². The summed E-state index contributed by atoms with van der Waals surface area (Å²) in [5.41, 5.74) is 7.89. The van der Waals surface area contributed by atoms with E-state index in [0.717, 1.165) is 27.9 Å². The minimum atomic E-state index is -0.0968. The zero-order valence-electron chi connectivity index (χ0n) is 12.5. The molecule has 0 fully saturated rings. The van der Waals surface area contributed by atoms with Gasteiger partial charge in [-0.1, -0.05) is 17.8 Å². The van der Waals surface area contributed by atoms with Gasteiger partial charge in [0.1, 0.15) is 0 Å². The average molecular weight is 344 g/mol. The number of nitrogens with one attached hydrogen (secondary N) is 2. The van der Waals surface area contributed by atoms with E-state index in [9.17, 15) is 4.79 Å². The maximum atomic E-state index is 12.3. The van der Waals surface area contributed by atoms with Crippen LogP contribution in [0.25, 0.3) is 10.2 Å². The zero-order valence-corrected chi connectivity index (χ0v) is 14.1. The molecule has 1 amide bonds. The van der Waals surface area contributed by atoms with Crippen molar-refractivity contribution in [2.45, 2.75) is 32.1 Å². The number of anilines is 1. The van der Waals surface area contributed by atoms with Crippen molar-refractivity contribution < 1.29 is 4.79 Å². The van der Waals surface area contributed by atoms with Gasteiger partial charge < -0.3 is 0 Å². The lowest BCUT2D eigenvalue weighted by molar-refractivity contribution is 0.0966. The maximum absolute atomic E-state index is 12.3. The van der Waals surface area contributed by atoms with Crippen LogP contribution in [0.15, 0.2) is 24.5 Å². The van der Waals surface area contributed by atoms with Crippen LogP contribution >= 0.6 is 22.7 Å². The number of rotatable bonds is 3. The fraction of sp³-hybridized carbons (Fsp3) is 0.312. The van der Waals surface area contributed by atoms with Crippen LogP contribution in [0.2, 0.25) is 0 Å². The van der Waals surface area contributed by atoms with Gasteiger partial charge in [-0.05, 0) is 43.4 Å². The summed E-state index contributed by atoms with van der Waals surface area (Å²) < 4.78 is 0.993. The fourth-order valence-electron chi connectivity index (χ4n) is 2.78. The highest BCUT2D eigenvalue weighted by Crippen LogP contribution is 2.29. The van der Waals surface area contributed by atoms with Gasteiger partial charge in [-0.15, -0.1) is 11.3 Å². The topological polar surface area (TPSA) is 66.9 Å². The van der Waals surface area contributed by atoms with Crippen LogP contribution in [0.1, 0.15) is 39.4 Å². The molecule has 0 aliphatic heterocycles. The normalized spacial score (nSPS) is 14.3. The predicted molar refractivity (Wildman–Crippen MR) is 94.1 cm³/mol. The first-order chi connectivity index (χ1) is 11.3. The standard InChI is InChI=1S/C16H16N4OS2/c21-15(13-8-10-4-2-1-3-5-12(10)22-13)19-20-16-18-11-6-7-17-9-14(11)23-16/h6-9H,1-5H2,(H,18,20)(H,19,21). The van der Waals surface area contributed by atoms with Crippen molar-refractivity contribution in [1.29, 1.82) is 0 Å². The SMILES string of the molecule is O=C(NNc1nc2ccncc2s1)c1cc2c(s1)CCCCC2. The molecule has 118 valence electrons. The second kappa shape index (κ2) is 6.25. The lowest BCUT2D eigenvalue weighted by Crippen LogP contribution is -2.28. The van der Waals surface area contributed by atoms with Crippen LogP contribution in [0.3, 0.4) is 0 Å². The highest BCUT2D eigenvalue weighted by Gasteiger charge is 2.16. The number of hydrazine groups is 1. The van der Waals surface area contributed by atoms with E-state index in [1.165, 1.54) is 41.0 Å². The van der Waals surface area contributed by atoms with Crippen molar-refractivity contribution in [3.05, 3.63) is 39.8 Å². The third-order valence-electron chi connectivity index (χ3n) is 3.94. The predicted octanol–water partition coefficient (Wildman–Crippen LogP) is 3.78. The molecule has 3 aromatic heterocycles. The number of thiophene rings is 1. The summed E-state index contributed by atoms with van der Waals surface area (Å²) in [6.07, 6.45) is 9.43. The number of thiazole rings is 1. The maximum Gasteiger partial charge on any atom is 0.279 e. The summed E-state index contributed by atoms with van der Waals surface area (Å²) in [5, 5.41) is 0.666. The largest absolute Gasteiger partial charge is 0.279 e. The van der Waals surface area contributed by atoms with Gasteiger partial charge >= 0.3 is 0 Å². The van der Waals surface area contributed by atoms with Gasteiger partial charge in [-0.25, -0.2) is 4.98 Å². The summed E-state index contributed by atoms with van der Waals surface area (Å²) in [6.45, 7) is 0. The summed E-state index contributed by atoms with van der Waals surface area (Å²) in [4.78, 5) is 23.0. The van der Waals surface area contributed by atoms with Crippen molar-refractivity contribution >= 4 is 43.9 Å². The number of amides is 1. The molecular formula is C16H16N4OS2. The molecule has 0 aromatic carbocycles. The Morgan fingerprint density at radius 3 is 3.00 bits per heavy atom. The first kappa shape index (κ1) is 14.6. The first-order valence-corrected chi connectivity index (χ1v) is 9.31. The second-order valence-corrected chi connectivity index (χ2v) is 7.73. The third kappa shape index (κ3) is 3.07. The summed E-state index contributed by atoms with van der Waals surface area (Å²) in [7, 11) is 0. The van der Waals surface area contributed by atoms with E-state index in [1.807, 2.05) is 12.1 Å². The second-order valence-electron chi connectivity index (χ2n) is 5.56. The monoisotopic (exact) mass is 344 g/mol. The third-order valence-corrected chi connectivity index (χ3v) is 6.10. The van der Waals surface area contributed by atoms with Crippen LogP contribution in [0, 0.1) is 0 Å². The molecule has 0 bridgehead atoms. The Kier molecular flexibility index (Phi) is 3.97. The summed E-state index contributed by atoms with van der Waals surface area (Å²) >= 11 is 3.09. The number of nitrogens with zero attached hydrogens (tertiary/aromatic N) is 2. The van der Waals surface area contributed by atoms with E-state index >= 15 is 0 Å². The molecule has 0 radical (unpaired) electrons. The van der Waals surface area contributed by atoms with Gasteiger partial charge in [-0.3, -0.25) is 20.6 Å². The van der Waals surface area contributed by atoms with E-state index in [-0.39, 0.29) is 5.91 Å². The number of fused-ring (bicyclic) bond motifs is 2. The molecule has 0 saturated carbocycles. The lowest BCUT2D eigenvalue weighted by atomic mass is 10.1. The number of pyridine rings is 1. The molecule has 7 heteroatoms. The Balaban J connectivity index is 1.45. The molecule has 0 unspecified atom stereocenters. The van der Waals surface area contributed by atoms with Gasteiger partial charge in [-0.2, -0.15) is 0 Å². The Morgan fingerprint density at radius 2 is 2.09 bits per heavy atom. The molecule has 2 N–H and O–H groups in total. The molecular weight excluding hydrogens is 328 g/mol. The molecule has 1 aliphatic carbocycles. The molecule has 0 saturated heterocycles. The number of aryl methyl sites for hydroxylation is 2. The first-order valence-electron chi connectivity index (χ1n) is 7.68. The van der Waals surface area contributed by atoms with Gasteiger partial charge in [0.25, 0.3) is 5.91 Å². The van der Waals surface area contributed by atoms with Crippen LogP contribution in [-0.4, -0.2) is 15.9 Å². The smallest absolute Gasteiger partial charge is 0.273 e. The summed E-state index contributed by atoms with van der Waals surface area (Å²) in [6, 6.07) is 3.90. The van der Waals surface area contributed by atoms with Crippen molar-refractivity contribution in [2.24, 2.45) is 0 Å².